The Labute approximate surface area is 359 Å². The fraction of sp³-hybridized carbons (Fsp3) is 0.0169. The Morgan fingerprint density at radius 1 is 0.290 bits per heavy atom. The number of nitrogens with zero attached hydrogens (tertiary/aromatic N) is 2. The van der Waals surface area contributed by atoms with Crippen molar-refractivity contribution < 1.29 is 4.42 Å². The molecule has 0 saturated heterocycles. The molecule has 62 heavy (non-hydrogen) atoms. The number of furan rings is 1. The van der Waals surface area contributed by atoms with Gasteiger partial charge in [-0.3, -0.25) is 0 Å². The van der Waals surface area contributed by atoms with Crippen molar-refractivity contribution >= 4 is 21.9 Å². The Bertz CT molecular complexity index is 3540. The monoisotopic (exact) mass is 788 g/mol. The number of rotatable bonds is 4. The van der Waals surface area contributed by atoms with Crippen molar-refractivity contribution in [2.75, 3.05) is 0 Å². The number of aromatic nitrogens is 2. The fourth-order valence-electron chi connectivity index (χ4n) is 10.4. The summed E-state index contributed by atoms with van der Waals surface area (Å²) in [6.45, 7) is 0. The highest BCUT2D eigenvalue weighted by molar-refractivity contribution is 6.06. The van der Waals surface area contributed by atoms with Gasteiger partial charge >= 0.3 is 0 Å². The second-order valence-corrected chi connectivity index (χ2v) is 16.4. The Kier molecular flexibility index (Phi) is 7.52. The molecule has 2 aliphatic rings. The van der Waals surface area contributed by atoms with Crippen LogP contribution in [0.15, 0.2) is 223 Å². The van der Waals surface area contributed by atoms with Crippen LogP contribution >= 0.6 is 0 Å². The normalized spacial score (nSPS) is 13.0. The van der Waals surface area contributed by atoms with Crippen molar-refractivity contribution in [3.63, 3.8) is 0 Å². The Hall–Kier alpha value is -8.14. The van der Waals surface area contributed by atoms with E-state index >= 15 is 0 Å². The maximum atomic E-state index is 6.25. The van der Waals surface area contributed by atoms with Gasteiger partial charge in [-0.05, 0) is 103 Å². The van der Waals surface area contributed by atoms with Gasteiger partial charge in [0.25, 0.3) is 0 Å². The maximum absolute atomic E-state index is 6.25. The first-order valence-corrected chi connectivity index (χ1v) is 21.2. The molecular weight excluding hydrogens is 753 g/mol. The molecule has 288 valence electrons. The van der Waals surface area contributed by atoms with Gasteiger partial charge in [0.1, 0.15) is 11.2 Å². The molecule has 2 heterocycles. The van der Waals surface area contributed by atoms with Crippen LogP contribution in [-0.2, 0) is 5.41 Å². The van der Waals surface area contributed by atoms with Gasteiger partial charge in [0.15, 0.2) is 5.82 Å². The molecule has 0 aliphatic heterocycles. The first-order chi connectivity index (χ1) is 30.7. The van der Waals surface area contributed by atoms with Crippen LogP contribution in [-0.4, -0.2) is 9.97 Å². The predicted molar refractivity (Wildman–Crippen MR) is 253 cm³/mol. The number of hydrogen-bond acceptors (Lipinski definition) is 3. The lowest BCUT2D eigenvalue weighted by Crippen LogP contribution is -2.29. The van der Waals surface area contributed by atoms with Gasteiger partial charge in [-0.15, -0.1) is 0 Å². The summed E-state index contributed by atoms with van der Waals surface area (Å²) in [5.41, 5.74) is 20.7. The zero-order valence-electron chi connectivity index (χ0n) is 33.6. The second-order valence-electron chi connectivity index (χ2n) is 16.4. The average Bonchev–Trinajstić information content (AvgIpc) is 3.84. The van der Waals surface area contributed by atoms with E-state index in [4.69, 9.17) is 14.4 Å². The van der Waals surface area contributed by atoms with Gasteiger partial charge in [-0.2, -0.15) is 0 Å². The van der Waals surface area contributed by atoms with E-state index in [0.717, 1.165) is 55.6 Å². The minimum absolute atomic E-state index is 0.590. The van der Waals surface area contributed by atoms with Gasteiger partial charge in [0, 0.05) is 27.5 Å². The summed E-state index contributed by atoms with van der Waals surface area (Å²) in [4.78, 5) is 10.8. The first-order valence-electron chi connectivity index (χ1n) is 21.2. The van der Waals surface area contributed by atoms with Crippen molar-refractivity contribution in [1.29, 1.82) is 0 Å². The van der Waals surface area contributed by atoms with Crippen molar-refractivity contribution in [3.8, 4) is 78.4 Å². The minimum atomic E-state index is -0.590. The van der Waals surface area contributed by atoms with Crippen LogP contribution < -0.4 is 0 Å². The van der Waals surface area contributed by atoms with E-state index in [1.165, 1.54) is 61.2 Å². The zero-order valence-corrected chi connectivity index (χ0v) is 33.6. The van der Waals surface area contributed by atoms with Crippen LogP contribution in [0.25, 0.3) is 100 Å². The molecule has 2 aliphatic carbocycles. The smallest absolute Gasteiger partial charge is 0.160 e. The molecule has 0 radical (unpaired) electrons. The van der Waals surface area contributed by atoms with Crippen LogP contribution in [0, 0.1) is 0 Å². The van der Waals surface area contributed by atoms with Crippen LogP contribution in [0.3, 0.4) is 0 Å². The van der Waals surface area contributed by atoms with E-state index < -0.39 is 5.41 Å². The van der Waals surface area contributed by atoms with Gasteiger partial charge in [-0.25, -0.2) is 9.97 Å². The molecule has 1 spiro atoms. The molecule has 0 N–H and O–H groups in total. The topological polar surface area (TPSA) is 38.9 Å². The van der Waals surface area contributed by atoms with Crippen LogP contribution in [0.5, 0.6) is 0 Å². The van der Waals surface area contributed by atoms with Gasteiger partial charge in [0.2, 0.25) is 0 Å². The molecule has 3 heteroatoms. The minimum Gasteiger partial charge on any atom is -0.456 e. The number of para-hydroxylation sites is 1. The largest absolute Gasteiger partial charge is 0.456 e. The predicted octanol–water partition coefficient (Wildman–Crippen LogP) is 15.1. The Morgan fingerprint density at radius 2 is 0.742 bits per heavy atom. The van der Waals surface area contributed by atoms with Crippen molar-refractivity contribution in [2.24, 2.45) is 0 Å². The van der Waals surface area contributed by atoms with E-state index in [1.807, 2.05) is 12.1 Å². The quantitative estimate of drug-likeness (QED) is 0.178. The van der Waals surface area contributed by atoms with Gasteiger partial charge in [-0.1, -0.05) is 182 Å². The molecule has 2 aromatic heterocycles. The summed E-state index contributed by atoms with van der Waals surface area (Å²) in [6, 6.07) is 78.8. The third-order valence-electron chi connectivity index (χ3n) is 13.2. The molecule has 0 bridgehead atoms. The van der Waals surface area contributed by atoms with Crippen LogP contribution in [0.4, 0.5) is 0 Å². The summed E-state index contributed by atoms with van der Waals surface area (Å²) in [7, 11) is 0. The lowest BCUT2D eigenvalue weighted by Gasteiger charge is -2.35. The highest BCUT2D eigenvalue weighted by Crippen LogP contribution is 2.61. The molecule has 3 nitrogen and oxygen atoms in total. The average molecular weight is 789 g/mol. The van der Waals surface area contributed by atoms with Gasteiger partial charge < -0.3 is 4.42 Å². The maximum Gasteiger partial charge on any atom is 0.160 e. The summed E-state index contributed by atoms with van der Waals surface area (Å²) in [5, 5.41) is 2.15. The lowest BCUT2D eigenvalue weighted by atomic mass is 9.65. The standard InChI is InChI=1S/C59H36N2O/c1-2-14-37(15-3-1)38-26-28-39(29-27-38)58-60-54(40-31-33-57-49(34-40)48-21-9-13-25-56(48)62-57)36-55(61-58)41-30-32-47-43-17-5-4-16-42(43)44-18-6-10-22-50(44)59(53(47)35-41)51-23-11-7-19-45(51)46-20-8-12-24-52(46)59/h1-36H. The zero-order chi connectivity index (χ0) is 40.8. The molecule has 9 aromatic carbocycles. The molecule has 13 rings (SSSR count). The van der Waals surface area contributed by atoms with E-state index in [0.29, 0.717) is 5.82 Å². The fourth-order valence-corrected chi connectivity index (χ4v) is 10.4. The van der Waals surface area contributed by atoms with E-state index in [9.17, 15) is 0 Å². The Balaban J connectivity index is 1.08. The second kappa shape index (κ2) is 13.4. The summed E-state index contributed by atoms with van der Waals surface area (Å²) in [5.74, 6) is 0.672. The van der Waals surface area contributed by atoms with Crippen molar-refractivity contribution in [1.82, 2.24) is 9.97 Å². The van der Waals surface area contributed by atoms with Crippen molar-refractivity contribution in [2.45, 2.75) is 5.41 Å². The van der Waals surface area contributed by atoms with Crippen LogP contribution in [0.2, 0.25) is 0 Å². The lowest BCUT2D eigenvalue weighted by molar-refractivity contribution is 0.669. The number of hydrogen-bond donors (Lipinski definition) is 0. The molecular formula is C59H36N2O. The SMILES string of the molecule is c1ccc(-c2ccc(-c3nc(-c4ccc5c(c4)C4(c6ccccc6-c6ccccc6-5)c5ccccc5-c5ccccc54)cc(-c4ccc5oc6ccccc6c5c4)n3)cc2)cc1. The summed E-state index contributed by atoms with van der Waals surface area (Å²) in [6.07, 6.45) is 0. The highest BCUT2D eigenvalue weighted by atomic mass is 16.3. The molecule has 0 atom stereocenters. The van der Waals surface area contributed by atoms with Gasteiger partial charge in [0.05, 0.1) is 16.8 Å². The van der Waals surface area contributed by atoms with Crippen LogP contribution in [0.1, 0.15) is 22.3 Å². The van der Waals surface area contributed by atoms with E-state index in [1.54, 1.807) is 0 Å². The molecule has 0 amide bonds. The summed E-state index contributed by atoms with van der Waals surface area (Å²) < 4.78 is 6.25. The van der Waals surface area contributed by atoms with E-state index in [-0.39, 0.29) is 0 Å². The molecule has 0 unspecified atom stereocenters. The third-order valence-corrected chi connectivity index (χ3v) is 13.2. The third kappa shape index (κ3) is 5.06. The molecule has 0 fully saturated rings. The highest BCUT2D eigenvalue weighted by Gasteiger charge is 2.49. The first kappa shape index (κ1) is 34.7. The summed E-state index contributed by atoms with van der Waals surface area (Å²) >= 11 is 0. The van der Waals surface area contributed by atoms with Crippen molar-refractivity contribution in [3.05, 3.63) is 241 Å². The number of fused-ring (bicyclic) bond motifs is 15. The molecule has 11 aromatic rings. The molecule has 0 saturated carbocycles. The van der Waals surface area contributed by atoms with E-state index in [2.05, 4.69) is 206 Å². The number of benzene rings is 9. The Morgan fingerprint density at radius 3 is 1.40 bits per heavy atom.